The monoisotopic (exact) mass is 257 g/mol. The summed E-state index contributed by atoms with van der Waals surface area (Å²) in [4.78, 5) is 12.0. The second-order valence-corrected chi connectivity index (χ2v) is 4.39. The van der Waals surface area contributed by atoms with Crippen molar-refractivity contribution < 1.29 is 13.9 Å². The highest BCUT2D eigenvalue weighted by molar-refractivity contribution is 5.94. The summed E-state index contributed by atoms with van der Waals surface area (Å²) in [6.45, 7) is 0.331. The van der Waals surface area contributed by atoms with E-state index >= 15 is 0 Å². The van der Waals surface area contributed by atoms with Gasteiger partial charge in [0.25, 0.3) is 5.91 Å². The Bertz CT molecular complexity index is 613. The van der Waals surface area contributed by atoms with Crippen LogP contribution in [0.15, 0.2) is 48.5 Å². The number of hydrogen-bond acceptors (Lipinski definition) is 2. The smallest absolute Gasteiger partial charge is 0.251 e. The summed E-state index contributed by atoms with van der Waals surface area (Å²) in [5, 5.41) is 2.85. The molecule has 96 valence electrons. The molecule has 0 bridgehead atoms. The van der Waals surface area contributed by atoms with Crippen molar-refractivity contribution in [3.63, 3.8) is 0 Å². The van der Waals surface area contributed by atoms with Crippen LogP contribution in [0.2, 0.25) is 0 Å². The molecule has 1 aliphatic rings. The molecule has 1 atom stereocenters. The van der Waals surface area contributed by atoms with E-state index in [-0.39, 0.29) is 17.8 Å². The Balaban J connectivity index is 1.80. The van der Waals surface area contributed by atoms with Crippen LogP contribution in [0.4, 0.5) is 4.39 Å². The molecular weight excluding hydrogens is 245 g/mol. The van der Waals surface area contributed by atoms with E-state index in [0.717, 1.165) is 0 Å². The van der Waals surface area contributed by atoms with Crippen LogP contribution in [0.3, 0.4) is 0 Å². The first-order valence-electron chi connectivity index (χ1n) is 6.02. The van der Waals surface area contributed by atoms with Gasteiger partial charge >= 0.3 is 0 Å². The third-order valence-corrected chi connectivity index (χ3v) is 3.09. The lowest BCUT2D eigenvalue weighted by molar-refractivity contribution is 0.0930. The number of amides is 1. The molecule has 0 aromatic heterocycles. The van der Waals surface area contributed by atoms with Crippen LogP contribution >= 0.6 is 0 Å². The van der Waals surface area contributed by atoms with Gasteiger partial charge in [-0.05, 0) is 30.3 Å². The Morgan fingerprint density at radius 2 is 2.00 bits per heavy atom. The van der Waals surface area contributed by atoms with Gasteiger partial charge in [-0.15, -0.1) is 0 Å². The number of ether oxygens (including phenoxy) is 1. The Kier molecular flexibility index (Phi) is 2.91. The molecule has 3 nitrogen and oxygen atoms in total. The van der Waals surface area contributed by atoms with Gasteiger partial charge in [-0.25, -0.2) is 4.39 Å². The summed E-state index contributed by atoms with van der Waals surface area (Å²) in [7, 11) is 0. The number of carbonyl (C=O) groups excluding carboxylic acids is 1. The fraction of sp³-hybridized carbons (Fsp3) is 0.133. The molecule has 3 rings (SSSR count). The van der Waals surface area contributed by atoms with Gasteiger partial charge in [0, 0.05) is 11.1 Å². The van der Waals surface area contributed by atoms with Crippen molar-refractivity contribution in [2.45, 2.75) is 6.04 Å². The highest BCUT2D eigenvalue weighted by atomic mass is 19.1. The van der Waals surface area contributed by atoms with Gasteiger partial charge in [0.2, 0.25) is 0 Å². The molecule has 19 heavy (non-hydrogen) atoms. The van der Waals surface area contributed by atoms with E-state index in [1.807, 2.05) is 6.07 Å². The maximum absolute atomic E-state index is 13.2. The molecule has 2 aromatic carbocycles. The highest BCUT2D eigenvalue weighted by Crippen LogP contribution is 2.32. The maximum atomic E-state index is 13.2. The summed E-state index contributed by atoms with van der Waals surface area (Å²) >= 11 is 0. The zero-order chi connectivity index (χ0) is 13.2. The first-order chi connectivity index (χ1) is 9.24. The number of carbonyl (C=O) groups is 1. The van der Waals surface area contributed by atoms with Crippen LogP contribution in [0.5, 0.6) is 5.75 Å². The highest BCUT2D eigenvalue weighted by Gasteiger charge is 2.26. The molecular formula is C15H12FNO2. The van der Waals surface area contributed by atoms with E-state index in [9.17, 15) is 9.18 Å². The summed E-state index contributed by atoms with van der Waals surface area (Å²) in [5.74, 6) is 0.106. The van der Waals surface area contributed by atoms with Crippen molar-refractivity contribution >= 4 is 5.91 Å². The summed E-state index contributed by atoms with van der Waals surface area (Å²) in [6.07, 6.45) is 0. The van der Waals surface area contributed by atoms with Crippen LogP contribution in [-0.2, 0) is 0 Å². The number of benzene rings is 2. The number of halogens is 1. The zero-order valence-corrected chi connectivity index (χ0v) is 10.1. The second-order valence-electron chi connectivity index (χ2n) is 4.39. The van der Waals surface area contributed by atoms with E-state index in [0.29, 0.717) is 23.5 Å². The molecule has 0 fully saturated rings. The molecule has 0 saturated heterocycles. The molecule has 0 aliphatic carbocycles. The predicted molar refractivity (Wildman–Crippen MR) is 68.5 cm³/mol. The van der Waals surface area contributed by atoms with Crippen LogP contribution in [0, 0.1) is 5.82 Å². The van der Waals surface area contributed by atoms with Crippen molar-refractivity contribution in [2.75, 3.05) is 6.61 Å². The molecule has 4 heteroatoms. The summed E-state index contributed by atoms with van der Waals surface area (Å²) in [6, 6.07) is 12.9. The zero-order valence-electron chi connectivity index (χ0n) is 10.1. The van der Waals surface area contributed by atoms with Gasteiger partial charge in [-0.1, -0.05) is 18.2 Å². The van der Waals surface area contributed by atoms with Crippen LogP contribution in [-0.4, -0.2) is 12.5 Å². The molecule has 1 N–H and O–H groups in total. The van der Waals surface area contributed by atoms with E-state index in [1.165, 1.54) is 12.1 Å². The first kappa shape index (κ1) is 11.7. The fourth-order valence-electron chi connectivity index (χ4n) is 2.14. The van der Waals surface area contributed by atoms with Crippen LogP contribution in [0.25, 0.3) is 0 Å². The SMILES string of the molecule is O=C(NC1COc2ccc(F)cc21)c1ccccc1. The lowest BCUT2D eigenvalue weighted by Gasteiger charge is -2.11. The topological polar surface area (TPSA) is 38.3 Å². The lowest BCUT2D eigenvalue weighted by atomic mass is 10.1. The summed E-state index contributed by atoms with van der Waals surface area (Å²) < 4.78 is 18.6. The Labute approximate surface area is 110 Å². The molecule has 0 radical (unpaired) electrons. The fourth-order valence-corrected chi connectivity index (χ4v) is 2.14. The van der Waals surface area contributed by atoms with E-state index in [1.54, 1.807) is 30.3 Å². The average molecular weight is 257 g/mol. The van der Waals surface area contributed by atoms with Gasteiger partial charge in [0.05, 0.1) is 6.04 Å². The maximum Gasteiger partial charge on any atom is 0.251 e. The van der Waals surface area contributed by atoms with E-state index in [4.69, 9.17) is 4.74 Å². The van der Waals surface area contributed by atoms with Gasteiger partial charge in [0.15, 0.2) is 0 Å². The van der Waals surface area contributed by atoms with Crippen molar-refractivity contribution in [2.24, 2.45) is 0 Å². The van der Waals surface area contributed by atoms with Gasteiger partial charge in [0.1, 0.15) is 18.2 Å². The van der Waals surface area contributed by atoms with Gasteiger partial charge in [-0.2, -0.15) is 0 Å². The molecule has 0 spiro atoms. The molecule has 1 aliphatic heterocycles. The van der Waals surface area contributed by atoms with Crippen molar-refractivity contribution in [3.8, 4) is 5.75 Å². The average Bonchev–Trinajstić information content (AvgIpc) is 2.82. The summed E-state index contributed by atoms with van der Waals surface area (Å²) in [5.41, 5.74) is 1.26. The lowest BCUT2D eigenvalue weighted by Crippen LogP contribution is -2.29. The first-order valence-corrected chi connectivity index (χ1v) is 6.02. The molecule has 1 amide bonds. The minimum atomic E-state index is -0.330. The normalized spacial score (nSPS) is 16.6. The predicted octanol–water partition coefficient (Wildman–Crippen LogP) is 2.69. The third-order valence-electron chi connectivity index (χ3n) is 3.09. The van der Waals surface area contributed by atoms with E-state index in [2.05, 4.69) is 5.32 Å². The van der Waals surface area contributed by atoms with Crippen molar-refractivity contribution in [1.82, 2.24) is 5.32 Å². The minimum Gasteiger partial charge on any atom is -0.491 e. The second kappa shape index (κ2) is 4.72. The largest absolute Gasteiger partial charge is 0.491 e. The quantitative estimate of drug-likeness (QED) is 0.898. The molecule has 2 aromatic rings. The Morgan fingerprint density at radius 3 is 2.79 bits per heavy atom. The van der Waals surface area contributed by atoms with Crippen LogP contribution in [0.1, 0.15) is 22.0 Å². The number of nitrogens with one attached hydrogen (secondary N) is 1. The van der Waals surface area contributed by atoms with Crippen molar-refractivity contribution in [3.05, 3.63) is 65.5 Å². The van der Waals surface area contributed by atoms with Gasteiger partial charge in [-0.3, -0.25) is 4.79 Å². The Morgan fingerprint density at radius 1 is 1.21 bits per heavy atom. The third kappa shape index (κ3) is 2.29. The Hall–Kier alpha value is -2.36. The number of hydrogen-bond donors (Lipinski definition) is 1. The van der Waals surface area contributed by atoms with Crippen LogP contribution < -0.4 is 10.1 Å². The van der Waals surface area contributed by atoms with Crippen molar-refractivity contribution in [1.29, 1.82) is 0 Å². The number of rotatable bonds is 2. The molecule has 1 unspecified atom stereocenters. The molecule has 0 saturated carbocycles. The van der Waals surface area contributed by atoms with Gasteiger partial charge < -0.3 is 10.1 Å². The standard InChI is InChI=1S/C15H12FNO2/c16-11-6-7-14-12(8-11)13(9-19-14)17-15(18)10-4-2-1-3-5-10/h1-8,13H,9H2,(H,17,18). The molecule has 1 heterocycles. The number of fused-ring (bicyclic) bond motifs is 1. The minimum absolute atomic E-state index is 0.189. The van der Waals surface area contributed by atoms with E-state index < -0.39 is 0 Å².